The largest absolute Gasteiger partial charge is 0.299 e. The summed E-state index contributed by atoms with van der Waals surface area (Å²) in [5.74, 6) is 0.943. The van der Waals surface area contributed by atoms with E-state index in [1.807, 2.05) is 0 Å². The van der Waals surface area contributed by atoms with Gasteiger partial charge in [0.25, 0.3) is 0 Å². The van der Waals surface area contributed by atoms with Gasteiger partial charge in [-0.1, -0.05) is 45.4 Å². The highest BCUT2D eigenvalue weighted by Crippen LogP contribution is 2.39. The number of carbonyl (C=O) groups is 1. The minimum Gasteiger partial charge on any atom is -0.299 e. The fraction of sp³-hybridized carbons (Fsp3) is 0.643. The Kier molecular flexibility index (Phi) is 3.54. The monoisotopic (exact) mass is 206 g/mol. The minimum absolute atomic E-state index is 0.0187. The number of ketones is 1. The molecule has 84 valence electrons. The van der Waals surface area contributed by atoms with Crippen molar-refractivity contribution in [2.24, 2.45) is 11.3 Å². The molecule has 1 rings (SSSR count). The molecule has 0 unspecified atom stereocenters. The standard InChI is InChI=1S/C14H22O/c1-10(2)6-7-13-11(3)8-12(15)9-14(13,4)5/h6-7,10H,8-9H2,1-5H3/b7-6+. The lowest BCUT2D eigenvalue weighted by Crippen LogP contribution is -2.25. The van der Waals surface area contributed by atoms with Crippen molar-refractivity contribution in [1.29, 1.82) is 0 Å². The number of hydrogen-bond acceptors (Lipinski definition) is 1. The van der Waals surface area contributed by atoms with Gasteiger partial charge in [0.15, 0.2) is 0 Å². The van der Waals surface area contributed by atoms with E-state index in [2.05, 4.69) is 46.8 Å². The fourth-order valence-electron chi connectivity index (χ4n) is 2.28. The molecule has 0 aromatic carbocycles. The Labute approximate surface area is 93.3 Å². The zero-order valence-corrected chi connectivity index (χ0v) is 10.6. The van der Waals surface area contributed by atoms with Crippen molar-refractivity contribution in [3.05, 3.63) is 23.3 Å². The summed E-state index contributed by atoms with van der Waals surface area (Å²) < 4.78 is 0. The van der Waals surface area contributed by atoms with Gasteiger partial charge in [0, 0.05) is 12.8 Å². The molecule has 0 spiro atoms. The molecule has 1 heteroatoms. The molecule has 0 radical (unpaired) electrons. The van der Waals surface area contributed by atoms with Crippen molar-refractivity contribution in [2.45, 2.75) is 47.5 Å². The fourth-order valence-corrected chi connectivity index (χ4v) is 2.28. The van der Waals surface area contributed by atoms with E-state index >= 15 is 0 Å². The van der Waals surface area contributed by atoms with Crippen LogP contribution in [0, 0.1) is 11.3 Å². The van der Waals surface area contributed by atoms with Crippen LogP contribution in [0.3, 0.4) is 0 Å². The Hall–Kier alpha value is -0.850. The van der Waals surface area contributed by atoms with Crippen LogP contribution in [-0.4, -0.2) is 5.78 Å². The Balaban J connectivity index is 3.01. The van der Waals surface area contributed by atoms with E-state index in [0.717, 1.165) is 0 Å². The van der Waals surface area contributed by atoms with E-state index in [-0.39, 0.29) is 5.41 Å². The van der Waals surface area contributed by atoms with E-state index in [4.69, 9.17) is 0 Å². The first kappa shape index (κ1) is 12.2. The molecule has 0 heterocycles. The predicted molar refractivity (Wildman–Crippen MR) is 64.7 cm³/mol. The maximum absolute atomic E-state index is 11.5. The van der Waals surface area contributed by atoms with Gasteiger partial charge in [-0.05, 0) is 23.8 Å². The quantitative estimate of drug-likeness (QED) is 0.669. The van der Waals surface area contributed by atoms with Gasteiger partial charge in [-0.2, -0.15) is 0 Å². The smallest absolute Gasteiger partial charge is 0.137 e. The molecule has 1 aliphatic carbocycles. The molecule has 1 nitrogen and oxygen atoms in total. The number of hydrogen-bond donors (Lipinski definition) is 0. The molecule has 1 aliphatic rings. The molecular formula is C14H22O. The Morgan fingerprint density at radius 2 is 1.93 bits per heavy atom. The lowest BCUT2D eigenvalue weighted by atomic mass is 9.72. The molecule has 0 aromatic heterocycles. The molecule has 0 saturated heterocycles. The first-order valence-electron chi connectivity index (χ1n) is 5.73. The summed E-state index contributed by atoms with van der Waals surface area (Å²) in [7, 11) is 0. The predicted octanol–water partition coefficient (Wildman–Crippen LogP) is 3.90. The number of allylic oxidation sites excluding steroid dienone is 4. The summed E-state index contributed by atoms with van der Waals surface area (Å²) in [6.07, 6.45) is 5.76. The highest BCUT2D eigenvalue weighted by atomic mass is 16.1. The van der Waals surface area contributed by atoms with Crippen LogP contribution in [0.5, 0.6) is 0 Å². The van der Waals surface area contributed by atoms with Crippen LogP contribution < -0.4 is 0 Å². The summed E-state index contributed by atoms with van der Waals surface area (Å²) in [6.45, 7) is 10.8. The average Bonchev–Trinajstić information content (AvgIpc) is 1.98. The van der Waals surface area contributed by atoms with Gasteiger partial charge < -0.3 is 0 Å². The SMILES string of the molecule is CC1=C(/C=C/C(C)C)C(C)(C)CC(=O)C1. The average molecular weight is 206 g/mol. The molecule has 0 N–H and O–H groups in total. The normalized spacial score (nSPS) is 21.9. The van der Waals surface area contributed by atoms with Crippen LogP contribution in [-0.2, 0) is 4.79 Å². The third kappa shape index (κ3) is 3.05. The number of carbonyl (C=O) groups excluding carboxylic acids is 1. The van der Waals surface area contributed by atoms with Crippen molar-refractivity contribution in [1.82, 2.24) is 0 Å². The Morgan fingerprint density at radius 1 is 1.33 bits per heavy atom. The van der Waals surface area contributed by atoms with E-state index < -0.39 is 0 Å². The molecule has 0 amide bonds. The summed E-state index contributed by atoms with van der Waals surface area (Å²) in [5.41, 5.74) is 2.62. The maximum atomic E-state index is 11.5. The summed E-state index contributed by atoms with van der Waals surface area (Å²) in [5, 5.41) is 0. The molecule has 0 atom stereocenters. The van der Waals surface area contributed by atoms with Crippen LogP contribution in [0.15, 0.2) is 23.3 Å². The molecule has 0 fully saturated rings. The van der Waals surface area contributed by atoms with Gasteiger partial charge in [-0.15, -0.1) is 0 Å². The van der Waals surface area contributed by atoms with Crippen molar-refractivity contribution < 1.29 is 4.79 Å². The van der Waals surface area contributed by atoms with Crippen LogP contribution in [0.2, 0.25) is 0 Å². The van der Waals surface area contributed by atoms with Gasteiger partial charge in [0.05, 0.1) is 0 Å². The highest BCUT2D eigenvalue weighted by Gasteiger charge is 2.30. The van der Waals surface area contributed by atoms with E-state index in [1.165, 1.54) is 11.1 Å². The Morgan fingerprint density at radius 3 is 2.40 bits per heavy atom. The third-order valence-electron chi connectivity index (χ3n) is 2.94. The second-order valence-corrected chi connectivity index (χ2v) is 5.57. The number of Topliss-reactive ketones (excluding diaryl/α,β-unsaturated/α-hetero) is 1. The van der Waals surface area contributed by atoms with Crippen molar-refractivity contribution in [3.63, 3.8) is 0 Å². The van der Waals surface area contributed by atoms with Crippen LogP contribution in [0.1, 0.15) is 47.5 Å². The lowest BCUT2D eigenvalue weighted by Gasteiger charge is -2.32. The van der Waals surface area contributed by atoms with Gasteiger partial charge >= 0.3 is 0 Å². The molecular weight excluding hydrogens is 184 g/mol. The van der Waals surface area contributed by atoms with Crippen molar-refractivity contribution in [3.8, 4) is 0 Å². The van der Waals surface area contributed by atoms with E-state index in [9.17, 15) is 4.79 Å². The first-order valence-corrected chi connectivity index (χ1v) is 5.73. The molecule has 0 aromatic rings. The molecule has 15 heavy (non-hydrogen) atoms. The van der Waals surface area contributed by atoms with Gasteiger partial charge in [0.1, 0.15) is 5.78 Å². The number of rotatable bonds is 2. The zero-order chi connectivity index (χ0) is 11.6. The van der Waals surface area contributed by atoms with E-state index in [0.29, 0.717) is 24.5 Å². The maximum Gasteiger partial charge on any atom is 0.137 e. The summed E-state index contributed by atoms with van der Waals surface area (Å²) in [6, 6.07) is 0. The second-order valence-electron chi connectivity index (χ2n) is 5.57. The van der Waals surface area contributed by atoms with Crippen LogP contribution >= 0.6 is 0 Å². The second kappa shape index (κ2) is 4.34. The van der Waals surface area contributed by atoms with E-state index in [1.54, 1.807) is 0 Å². The minimum atomic E-state index is 0.0187. The van der Waals surface area contributed by atoms with Crippen LogP contribution in [0.4, 0.5) is 0 Å². The Bertz CT molecular complexity index is 316. The van der Waals surface area contributed by atoms with Gasteiger partial charge in [-0.3, -0.25) is 4.79 Å². The first-order chi connectivity index (χ1) is 6.83. The summed E-state index contributed by atoms with van der Waals surface area (Å²) >= 11 is 0. The molecule has 0 saturated carbocycles. The molecule has 0 aliphatic heterocycles. The van der Waals surface area contributed by atoms with Crippen LogP contribution in [0.25, 0.3) is 0 Å². The van der Waals surface area contributed by atoms with Gasteiger partial charge in [0.2, 0.25) is 0 Å². The third-order valence-corrected chi connectivity index (χ3v) is 2.94. The topological polar surface area (TPSA) is 17.1 Å². The van der Waals surface area contributed by atoms with Gasteiger partial charge in [-0.25, -0.2) is 0 Å². The molecule has 0 bridgehead atoms. The van der Waals surface area contributed by atoms with Crippen molar-refractivity contribution in [2.75, 3.05) is 0 Å². The summed E-state index contributed by atoms with van der Waals surface area (Å²) in [4.78, 5) is 11.5. The van der Waals surface area contributed by atoms with Crippen molar-refractivity contribution >= 4 is 5.78 Å². The lowest BCUT2D eigenvalue weighted by molar-refractivity contribution is -0.120. The highest BCUT2D eigenvalue weighted by molar-refractivity contribution is 5.84. The zero-order valence-electron chi connectivity index (χ0n) is 10.6.